The molecule has 2 aromatic rings. The van der Waals surface area contributed by atoms with Gasteiger partial charge in [-0.3, -0.25) is 19.7 Å². The number of nitrogens with zero attached hydrogens (tertiary/aromatic N) is 2. The first-order chi connectivity index (χ1) is 11.9. The summed E-state index contributed by atoms with van der Waals surface area (Å²) in [5.74, 6) is -0.337. The van der Waals surface area contributed by atoms with Crippen LogP contribution in [0.3, 0.4) is 0 Å². The van der Waals surface area contributed by atoms with Crippen LogP contribution in [-0.4, -0.2) is 23.3 Å². The third kappa shape index (κ3) is 3.21. The van der Waals surface area contributed by atoms with Gasteiger partial charge in [-0.1, -0.05) is 0 Å². The van der Waals surface area contributed by atoms with Crippen molar-refractivity contribution >= 4 is 28.9 Å². The summed E-state index contributed by atoms with van der Waals surface area (Å²) in [6.45, 7) is 3.77. The summed E-state index contributed by atoms with van der Waals surface area (Å²) >= 11 is 0. The van der Waals surface area contributed by atoms with Gasteiger partial charge in [-0.15, -0.1) is 0 Å². The second-order valence-corrected chi connectivity index (χ2v) is 5.98. The zero-order chi connectivity index (χ0) is 18.1. The highest BCUT2D eigenvalue weighted by atomic mass is 16.6. The summed E-state index contributed by atoms with van der Waals surface area (Å²) < 4.78 is 0. The third-order valence-corrected chi connectivity index (χ3v) is 4.27. The topological polar surface area (TPSA) is 92.6 Å². The molecule has 0 fully saturated rings. The molecule has 25 heavy (non-hydrogen) atoms. The summed E-state index contributed by atoms with van der Waals surface area (Å²) in [5, 5.41) is 13.6. The Morgan fingerprint density at radius 2 is 1.96 bits per heavy atom. The number of hydrogen-bond acceptors (Lipinski definition) is 4. The lowest BCUT2D eigenvalue weighted by Crippen LogP contribution is -2.25. The molecule has 0 aromatic heterocycles. The van der Waals surface area contributed by atoms with Crippen LogP contribution in [0.15, 0.2) is 36.4 Å². The average molecular weight is 339 g/mol. The van der Waals surface area contributed by atoms with Crippen LogP contribution >= 0.6 is 0 Å². The largest absolute Gasteiger partial charge is 0.322 e. The molecule has 0 spiro atoms. The van der Waals surface area contributed by atoms with E-state index < -0.39 is 4.92 Å². The van der Waals surface area contributed by atoms with Gasteiger partial charge in [0, 0.05) is 42.0 Å². The smallest absolute Gasteiger partial charge is 0.272 e. The highest BCUT2D eigenvalue weighted by molar-refractivity contribution is 6.05. The first-order valence-corrected chi connectivity index (χ1v) is 7.84. The van der Waals surface area contributed by atoms with Crippen LogP contribution in [0.25, 0.3) is 0 Å². The minimum absolute atomic E-state index is 0.00288. The normalized spacial score (nSPS) is 12.6. The maximum Gasteiger partial charge on any atom is 0.272 e. The Bertz CT molecular complexity index is 892. The van der Waals surface area contributed by atoms with Crippen LogP contribution in [0.4, 0.5) is 17.1 Å². The number of anilines is 2. The fraction of sp³-hybridized carbons (Fsp3) is 0.222. The zero-order valence-corrected chi connectivity index (χ0v) is 13.9. The molecular formula is C18H17N3O4. The van der Waals surface area contributed by atoms with Crippen LogP contribution in [0.5, 0.6) is 0 Å². The second-order valence-electron chi connectivity index (χ2n) is 5.98. The van der Waals surface area contributed by atoms with E-state index in [2.05, 4.69) is 5.32 Å². The van der Waals surface area contributed by atoms with Gasteiger partial charge in [-0.25, -0.2) is 0 Å². The maximum absolute atomic E-state index is 12.4. The molecule has 128 valence electrons. The Labute approximate surface area is 144 Å². The molecule has 1 aliphatic heterocycles. The molecular weight excluding hydrogens is 322 g/mol. The van der Waals surface area contributed by atoms with Crippen molar-refractivity contribution in [1.82, 2.24) is 0 Å². The molecule has 7 heteroatoms. The fourth-order valence-corrected chi connectivity index (χ4v) is 3.01. The van der Waals surface area contributed by atoms with Crippen molar-refractivity contribution in [2.24, 2.45) is 0 Å². The monoisotopic (exact) mass is 339 g/mol. The van der Waals surface area contributed by atoms with Crippen LogP contribution in [0, 0.1) is 17.0 Å². The van der Waals surface area contributed by atoms with Crippen molar-refractivity contribution in [2.75, 3.05) is 16.8 Å². The van der Waals surface area contributed by atoms with E-state index >= 15 is 0 Å². The van der Waals surface area contributed by atoms with Gasteiger partial charge in [0.05, 0.1) is 4.92 Å². The van der Waals surface area contributed by atoms with Crippen LogP contribution in [0.2, 0.25) is 0 Å². The summed E-state index contributed by atoms with van der Waals surface area (Å²) in [6.07, 6.45) is 0.745. The van der Waals surface area contributed by atoms with Gasteiger partial charge in [0.2, 0.25) is 5.91 Å². The van der Waals surface area contributed by atoms with E-state index in [9.17, 15) is 19.7 Å². The first kappa shape index (κ1) is 16.6. The van der Waals surface area contributed by atoms with Crippen molar-refractivity contribution in [3.8, 4) is 0 Å². The molecule has 0 bridgehead atoms. The zero-order valence-electron chi connectivity index (χ0n) is 13.9. The van der Waals surface area contributed by atoms with Gasteiger partial charge in [0.15, 0.2) is 0 Å². The fourth-order valence-electron chi connectivity index (χ4n) is 3.01. The molecule has 0 atom stereocenters. The molecule has 1 N–H and O–H groups in total. The van der Waals surface area contributed by atoms with E-state index in [1.165, 1.54) is 25.1 Å². The van der Waals surface area contributed by atoms with Gasteiger partial charge < -0.3 is 10.2 Å². The Balaban J connectivity index is 1.79. The van der Waals surface area contributed by atoms with Gasteiger partial charge in [-0.05, 0) is 49.2 Å². The molecule has 0 saturated carbocycles. The lowest BCUT2D eigenvalue weighted by Gasteiger charge is -2.15. The standard InChI is InChI=1S/C18H17N3O4/c1-11-9-14(3-5-16(11)21(24)25)18(23)19-15-4-6-17-13(10-15)7-8-20(17)12(2)22/h3-6,9-10H,7-8H2,1-2H3,(H,19,23). The highest BCUT2D eigenvalue weighted by Crippen LogP contribution is 2.30. The van der Waals surface area contributed by atoms with Crippen molar-refractivity contribution < 1.29 is 14.5 Å². The lowest BCUT2D eigenvalue weighted by molar-refractivity contribution is -0.385. The number of carbonyl (C=O) groups excluding carboxylic acids is 2. The molecule has 0 unspecified atom stereocenters. The van der Waals surface area contributed by atoms with Gasteiger partial charge in [0.25, 0.3) is 11.6 Å². The summed E-state index contributed by atoms with van der Waals surface area (Å²) in [7, 11) is 0. The minimum Gasteiger partial charge on any atom is -0.322 e. The van der Waals surface area contributed by atoms with E-state index in [1.807, 2.05) is 12.1 Å². The average Bonchev–Trinajstić information content (AvgIpc) is 2.97. The molecule has 2 amide bonds. The van der Waals surface area contributed by atoms with E-state index in [-0.39, 0.29) is 17.5 Å². The predicted molar refractivity (Wildman–Crippen MR) is 94.0 cm³/mol. The highest BCUT2D eigenvalue weighted by Gasteiger charge is 2.22. The molecule has 2 aromatic carbocycles. The number of carbonyl (C=O) groups is 2. The van der Waals surface area contributed by atoms with Crippen molar-refractivity contribution in [2.45, 2.75) is 20.3 Å². The maximum atomic E-state index is 12.4. The molecule has 0 radical (unpaired) electrons. The number of benzene rings is 2. The van der Waals surface area contributed by atoms with E-state index in [0.717, 1.165) is 17.7 Å². The van der Waals surface area contributed by atoms with Crippen LogP contribution < -0.4 is 10.2 Å². The Morgan fingerprint density at radius 1 is 1.20 bits per heavy atom. The summed E-state index contributed by atoms with van der Waals surface area (Å²) in [4.78, 5) is 36.0. The number of hydrogen-bond donors (Lipinski definition) is 1. The molecule has 1 aliphatic rings. The van der Waals surface area contributed by atoms with E-state index in [1.54, 1.807) is 17.9 Å². The second kappa shape index (κ2) is 6.35. The third-order valence-electron chi connectivity index (χ3n) is 4.27. The minimum atomic E-state index is -0.474. The molecule has 3 rings (SSSR count). The van der Waals surface area contributed by atoms with E-state index in [4.69, 9.17) is 0 Å². The number of nitro benzene ring substituents is 1. The molecule has 1 heterocycles. The molecule has 0 aliphatic carbocycles. The van der Waals surface area contributed by atoms with Gasteiger partial charge in [-0.2, -0.15) is 0 Å². The van der Waals surface area contributed by atoms with Crippen molar-refractivity contribution in [3.63, 3.8) is 0 Å². The Kier molecular flexibility index (Phi) is 4.22. The van der Waals surface area contributed by atoms with Crippen molar-refractivity contribution in [3.05, 3.63) is 63.2 Å². The SMILES string of the molecule is CC(=O)N1CCc2cc(NC(=O)c3ccc([N+](=O)[O-])c(C)c3)ccc21. The molecule has 0 saturated heterocycles. The summed E-state index contributed by atoms with van der Waals surface area (Å²) in [5.41, 5.74) is 3.28. The number of nitro groups is 1. The summed E-state index contributed by atoms with van der Waals surface area (Å²) in [6, 6.07) is 9.69. The Morgan fingerprint density at radius 3 is 2.60 bits per heavy atom. The Hall–Kier alpha value is -3.22. The van der Waals surface area contributed by atoms with Crippen molar-refractivity contribution in [1.29, 1.82) is 0 Å². The number of fused-ring (bicyclic) bond motifs is 1. The number of amides is 2. The van der Waals surface area contributed by atoms with Crippen LogP contribution in [-0.2, 0) is 11.2 Å². The molecule has 7 nitrogen and oxygen atoms in total. The first-order valence-electron chi connectivity index (χ1n) is 7.84. The van der Waals surface area contributed by atoms with Crippen LogP contribution in [0.1, 0.15) is 28.4 Å². The van der Waals surface area contributed by atoms with E-state index in [0.29, 0.717) is 23.4 Å². The quantitative estimate of drug-likeness (QED) is 0.687. The van der Waals surface area contributed by atoms with Gasteiger partial charge >= 0.3 is 0 Å². The van der Waals surface area contributed by atoms with Gasteiger partial charge in [0.1, 0.15) is 0 Å². The number of aryl methyl sites for hydroxylation is 1. The number of rotatable bonds is 3. The lowest BCUT2D eigenvalue weighted by atomic mass is 10.1. The number of nitrogens with one attached hydrogen (secondary N) is 1. The predicted octanol–water partition coefficient (Wildman–Crippen LogP) is 3.06.